The third kappa shape index (κ3) is 4.72. The van der Waals surface area contributed by atoms with Crippen LogP contribution in [0.2, 0.25) is 0 Å². The highest BCUT2D eigenvalue weighted by Gasteiger charge is 2.37. The first-order valence-corrected chi connectivity index (χ1v) is 7.84. The molecule has 2 N–H and O–H groups in total. The second kappa shape index (κ2) is 6.65. The molecule has 1 aliphatic heterocycles. The Bertz CT molecular complexity index is 410. The zero-order valence-corrected chi connectivity index (χ0v) is 12.5. The third-order valence-electron chi connectivity index (χ3n) is 3.04. The average Bonchev–Trinajstić information content (AvgIpc) is 2.26. The van der Waals surface area contributed by atoms with Gasteiger partial charge in [0.05, 0.1) is 0 Å². The van der Waals surface area contributed by atoms with E-state index < -0.39 is 22.2 Å². The number of piperidine rings is 1. The van der Waals surface area contributed by atoms with Crippen molar-refractivity contribution in [3.63, 3.8) is 0 Å². The second-order valence-electron chi connectivity index (χ2n) is 5.25. The van der Waals surface area contributed by atoms with Crippen molar-refractivity contribution >= 4 is 16.2 Å². The Morgan fingerprint density at radius 2 is 2.11 bits per heavy atom. The number of hydrogen-bond acceptors (Lipinski definition) is 4. The quantitative estimate of drug-likeness (QED) is 0.702. The van der Waals surface area contributed by atoms with Crippen LogP contribution in [-0.2, 0) is 15.0 Å². The van der Waals surface area contributed by atoms with E-state index in [0.717, 1.165) is 10.7 Å². The van der Waals surface area contributed by atoms with Crippen molar-refractivity contribution in [2.24, 2.45) is 0 Å². The predicted octanol–water partition coefficient (Wildman–Crippen LogP) is -0.290. The summed E-state index contributed by atoms with van der Waals surface area (Å²) in [7, 11) is -0.0407. The van der Waals surface area contributed by atoms with Gasteiger partial charge in [0.2, 0.25) is 0 Å². The first-order chi connectivity index (χ1) is 8.74. The van der Waals surface area contributed by atoms with Crippen molar-refractivity contribution in [2.45, 2.75) is 38.3 Å². The molecule has 2 atom stereocenters. The minimum atomic E-state index is -3.75. The summed E-state index contributed by atoms with van der Waals surface area (Å²) in [6.45, 7) is 2.59. The number of hydrogen-bond donors (Lipinski definition) is 2. The molecule has 1 aliphatic rings. The van der Waals surface area contributed by atoms with Crippen LogP contribution in [0.3, 0.4) is 0 Å². The van der Waals surface area contributed by atoms with Gasteiger partial charge in [-0.25, -0.2) is 0 Å². The molecule has 112 valence electrons. The lowest BCUT2D eigenvalue weighted by Crippen LogP contribution is -2.54. The summed E-state index contributed by atoms with van der Waals surface area (Å²) in [4.78, 5) is 13.0. The molecular formula is C11H23N3O4S. The molecule has 0 radical (unpaired) electrons. The Kier molecular flexibility index (Phi) is 5.72. The number of likely N-dealkylation sites (N-methyl/N-ethyl adjacent to an activating group) is 1. The molecule has 0 aromatic heterocycles. The largest absolute Gasteiger partial charge is 0.480 e. The van der Waals surface area contributed by atoms with Gasteiger partial charge in [-0.2, -0.15) is 17.4 Å². The number of rotatable bonds is 6. The van der Waals surface area contributed by atoms with Gasteiger partial charge in [0.15, 0.2) is 0 Å². The topological polar surface area (TPSA) is 90.0 Å². The Morgan fingerprint density at radius 1 is 1.47 bits per heavy atom. The molecule has 8 heteroatoms. The Balaban J connectivity index is 2.76. The van der Waals surface area contributed by atoms with Crippen LogP contribution >= 0.6 is 0 Å². The predicted molar refractivity (Wildman–Crippen MR) is 72.1 cm³/mol. The van der Waals surface area contributed by atoms with Gasteiger partial charge in [0, 0.05) is 19.1 Å². The normalized spacial score (nSPS) is 23.5. The summed E-state index contributed by atoms with van der Waals surface area (Å²) in [6, 6.07) is -1.21. The van der Waals surface area contributed by atoms with Crippen LogP contribution in [0.1, 0.15) is 26.2 Å². The van der Waals surface area contributed by atoms with Crippen molar-refractivity contribution in [3.8, 4) is 0 Å². The van der Waals surface area contributed by atoms with Gasteiger partial charge in [-0.3, -0.25) is 4.79 Å². The summed E-state index contributed by atoms with van der Waals surface area (Å²) in [5, 5.41) is 9.11. The molecule has 7 nitrogen and oxygen atoms in total. The number of carboxylic acid groups (broad SMARTS) is 1. The van der Waals surface area contributed by atoms with Crippen LogP contribution in [0.25, 0.3) is 0 Å². The molecule has 1 fully saturated rings. The molecule has 1 rings (SSSR count). The summed E-state index contributed by atoms with van der Waals surface area (Å²) in [5.41, 5.74) is 0. The van der Waals surface area contributed by atoms with E-state index in [1.807, 2.05) is 19.0 Å². The highest BCUT2D eigenvalue weighted by Crippen LogP contribution is 2.20. The van der Waals surface area contributed by atoms with E-state index in [-0.39, 0.29) is 12.6 Å². The van der Waals surface area contributed by atoms with E-state index >= 15 is 0 Å². The van der Waals surface area contributed by atoms with Gasteiger partial charge in [0.25, 0.3) is 10.2 Å². The van der Waals surface area contributed by atoms with E-state index in [0.29, 0.717) is 19.4 Å². The van der Waals surface area contributed by atoms with Crippen molar-refractivity contribution in [2.75, 3.05) is 27.2 Å². The first kappa shape index (κ1) is 16.4. The van der Waals surface area contributed by atoms with Gasteiger partial charge in [-0.15, -0.1) is 0 Å². The molecule has 19 heavy (non-hydrogen) atoms. The smallest absolute Gasteiger partial charge is 0.322 e. The maximum Gasteiger partial charge on any atom is 0.322 e. The van der Waals surface area contributed by atoms with Crippen LogP contribution < -0.4 is 4.72 Å². The minimum Gasteiger partial charge on any atom is -0.480 e. The molecule has 0 amide bonds. The SMILES string of the molecule is CC(CN(C)C)NS(=O)(=O)N1CCCCC1C(=O)O. The maximum absolute atomic E-state index is 12.2. The fourth-order valence-corrected chi connectivity index (χ4v) is 3.96. The van der Waals surface area contributed by atoms with E-state index in [4.69, 9.17) is 5.11 Å². The highest BCUT2D eigenvalue weighted by atomic mass is 32.2. The number of aliphatic carboxylic acids is 1. The van der Waals surface area contributed by atoms with Crippen molar-refractivity contribution in [1.82, 2.24) is 13.9 Å². The summed E-state index contributed by atoms with van der Waals surface area (Å²) in [6.07, 6.45) is 1.82. The van der Waals surface area contributed by atoms with Crippen LogP contribution in [-0.4, -0.2) is 68.0 Å². The van der Waals surface area contributed by atoms with E-state index in [1.165, 1.54) is 0 Å². The third-order valence-corrected chi connectivity index (χ3v) is 4.79. The number of carbonyl (C=O) groups is 1. The highest BCUT2D eigenvalue weighted by molar-refractivity contribution is 7.87. The maximum atomic E-state index is 12.2. The molecule has 0 aromatic rings. The molecule has 0 aliphatic carbocycles. The Labute approximate surface area is 114 Å². The molecule has 0 spiro atoms. The van der Waals surface area contributed by atoms with E-state index in [1.54, 1.807) is 6.92 Å². The molecule has 1 heterocycles. The lowest BCUT2D eigenvalue weighted by atomic mass is 10.1. The van der Waals surface area contributed by atoms with Crippen LogP contribution in [0, 0.1) is 0 Å². The van der Waals surface area contributed by atoms with Crippen molar-refractivity contribution in [1.29, 1.82) is 0 Å². The molecule has 0 aromatic carbocycles. The molecule has 1 saturated heterocycles. The summed E-state index contributed by atoms with van der Waals surface area (Å²) in [5.74, 6) is -1.08. The van der Waals surface area contributed by atoms with Crippen molar-refractivity contribution in [3.05, 3.63) is 0 Å². The number of carboxylic acids is 1. The number of nitrogens with one attached hydrogen (secondary N) is 1. The molecule has 0 saturated carbocycles. The second-order valence-corrected chi connectivity index (χ2v) is 6.90. The molecule has 0 bridgehead atoms. The molecular weight excluding hydrogens is 270 g/mol. The Morgan fingerprint density at radius 3 is 2.63 bits per heavy atom. The van der Waals surface area contributed by atoms with Gasteiger partial charge in [-0.1, -0.05) is 0 Å². The lowest BCUT2D eigenvalue weighted by Gasteiger charge is -2.33. The average molecular weight is 293 g/mol. The summed E-state index contributed by atoms with van der Waals surface area (Å²) < 4.78 is 28.1. The lowest BCUT2D eigenvalue weighted by molar-refractivity contribution is -0.142. The standard InChI is InChI=1S/C11H23N3O4S/c1-9(8-13(2)3)12-19(17,18)14-7-5-4-6-10(14)11(15)16/h9-10,12H,4-8H2,1-3H3,(H,15,16). The van der Waals surface area contributed by atoms with Gasteiger partial charge in [-0.05, 0) is 40.3 Å². The van der Waals surface area contributed by atoms with Crippen LogP contribution in [0.4, 0.5) is 0 Å². The summed E-state index contributed by atoms with van der Waals surface area (Å²) >= 11 is 0. The van der Waals surface area contributed by atoms with Gasteiger partial charge in [0.1, 0.15) is 6.04 Å². The zero-order chi connectivity index (χ0) is 14.6. The minimum absolute atomic E-state index is 0.265. The Hall–Kier alpha value is -0.700. The van der Waals surface area contributed by atoms with Gasteiger partial charge >= 0.3 is 5.97 Å². The fourth-order valence-electron chi connectivity index (χ4n) is 2.35. The van der Waals surface area contributed by atoms with Crippen LogP contribution in [0.15, 0.2) is 0 Å². The number of nitrogens with zero attached hydrogens (tertiary/aromatic N) is 2. The van der Waals surface area contributed by atoms with Crippen LogP contribution in [0.5, 0.6) is 0 Å². The molecule has 2 unspecified atom stereocenters. The van der Waals surface area contributed by atoms with E-state index in [9.17, 15) is 13.2 Å². The van der Waals surface area contributed by atoms with E-state index in [2.05, 4.69) is 4.72 Å². The zero-order valence-electron chi connectivity index (χ0n) is 11.7. The first-order valence-electron chi connectivity index (χ1n) is 6.40. The van der Waals surface area contributed by atoms with Crippen molar-refractivity contribution < 1.29 is 18.3 Å². The van der Waals surface area contributed by atoms with Gasteiger partial charge < -0.3 is 10.0 Å². The monoisotopic (exact) mass is 293 g/mol. The fraction of sp³-hybridized carbons (Fsp3) is 0.909.